The highest BCUT2D eigenvalue weighted by atomic mass is 19.3. The van der Waals surface area contributed by atoms with Gasteiger partial charge in [-0.1, -0.05) is 0 Å². The van der Waals surface area contributed by atoms with Gasteiger partial charge < -0.3 is 9.32 Å². The van der Waals surface area contributed by atoms with Crippen molar-refractivity contribution in [2.24, 2.45) is 17.8 Å². The van der Waals surface area contributed by atoms with Crippen molar-refractivity contribution in [2.75, 3.05) is 7.05 Å². The molecule has 0 aromatic carbocycles. The first kappa shape index (κ1) is 12.3. The average Bonchev–Trinajstić information content (AvgIpc) is 2.67. The summed E-state index contributed by atoms with van der Waals surface area (Å²) in [7, 11) is 1.54. The highest BCUT2D eigenvalue weighted by Crippen LogP contribution is 2.62. The molecular formula is C11H13F2N3O3. The summed E-state index contributed by atoms with van der Waals surface area (Å²) in [4.78, 5) is 24.2. The van der Waals surface area contributed by atoms with Crippen LogP contribution in [-0.4, -0.2) is 34.0 Å². The van der Waals surface area contributed by atoms with Crippen molar-refractivity contribution >= 4 is 5.91 Å². The number of rotatable bonds is 3. The fraction of sp³-hybridized carbons (Fsp3) is 0.727. The molecule has 1 amide bonds. The van der Waals surface area contributed by atoms with Crippen molar-refractivity contribution in [3.05, 3.63) is 16.4 Å². The Hall–Kier alpha value is -1.73. The summed E-state index contributed by atoms with van der Waals surface area (Å²) in [5, 5.41) is 5.69. The van der Waals surface area contributed by atoms with Gasteiger partial charge in [-0.3, -0.25) is 4.79 Å². The fourth-order valence-corrected chi connectivity index (χ4v) is 3.00. The van der Waals surface area contributed by atoms with E-state index in [0.717, 1.165) is 0 Å². The van der Waals surface area contributed by atoms with E-state index in [1.165, 1.54) is 4.90 Å². The third kappa shape index (κ3) is 2.15. The maximum Gasteiger partial charge on any atom is 0.434 e. The number of aromatic amines is 1. The van der Waals surface area contributed by atoms with Gasteiger partial charge in [-0.25, -0.2) is 18.7 Å². The van der Waals surface area contributed by atoms with E-state index in [1.807, 2.05) is 0 Å². The Labute approximate surface area is 106 Å². The number of alkyl halides is 2. The number of amides is 1. The fourth-order valence-electron chi connectivity index (χ4n) is 3.00. The molecule has 0 spiro atoms. The van der Waals surface area contributed by atoms with Crippen LogP contribution < -0.4 is 5.76 Å². The minimum absolute atomic E-state index is 0.0594. The molecule has 19 heavy (non-hydrogen) atoms. The minimum Gasteiger partial charge on any atom is -0.391 e. The van der Waals surface area contributed by atoms with E-state index in [4.69, 9.17) is 4.42 Å². The minimum atomic E-state index is -2.61. The van der Waals surface area contributed by atoms with E-state index in [2.05, 4.69) is 10.2 Å². The van der Waals surface area contributed by atoms with Gasteiger partial charge in [0.15, 0.2) is 0 Å². The summed E-state index contributed by atoms with van der Waals surface area (Å²) in [5.41, 5.74) is 0. The average molecular weight is 273 g/mol. The zero-order valence-corrected chi connectivity index (χ0v) is 10.2. The number of carbonyl (C=O) groups is 1. The molecular weight excluding hydrogens is 260 g/mol. The second-order valence-corrected chi connectivity index (χ2v) is 5.32. The van der Waals surface area contributed by atoms with Crippen LogP contribution in [0.4, 0.5) is 8.78 Å². The van der Waals surface area contributed by atoms with Gasteiger partial charge in [0, 0.05) is 25.8 Å². The Morgan fingerprint density at radius 3 is 2.68 bits per heavy atom. The Balaban J connectivity index is 1.59. The molecule has 0 radical (unpaired) electrons. The molecule has 1 unspecified atom stereocenters. The lowest BCUT2D eigenvalue weighted by molar-refractivity contribution is -0.133. The van der Waals surface area contributed by atoms with Crippen LogP contribution in [0.1, 0.15) is 18.7 Å². The lowest BCUT2D eigenvalue weighted by Gasteiger charge is -2.18. The molecule has 2 aliphatic carbocycles. The van der Waals surface area contributed by atoms with Gasteiger partial charge in [-0.15, -0.1) is 5.10 Å². The van der Waals surface area contributed by atoms with Crippen LogP contribution in [0.2, 0.25) is 0 Å². The van der Waals surface area contributed by atoms with E-state index in [9.17, 15) is 18.4 Å². The highest BCUT2D eigenvalue weighted by molar-refractivity contribution is 5.82. The summed E-state index contributed by atoms with van der Waals surface area (Å²) in [5.74, 6) is -4.07. The smallest absolute Gasteiger partial charge is 0.391 e. The number of halogens is 2. The lowest BCUT2D eigenvalue weighted by Crippen LogP contribution is -2.30. The number of aromatic nitrogens is 2. The van der Waals surface area contributed by atoms with Crippen molar-refractivity contribution in [3.8, 4) is 0 Å². The molecule has 1 heterocycles. The number of carbonyl (C=O) groups excluding carboxylic acids is 1. The van der Waals surface area contributed by atoms with Crippen LogP contribution in [0, 0.1) is 17.8 Å². The Bertz CT molecular complexity index is 554. The summed E-state index contributed by atoms with van der Waals surface area (Å²) < 4.78 is 30.7. The monoisotopic (exact) mass is 273 g/mol. The van der Waals surface area contributed by atoms with Gasteiger partial charge in [-0.05, 0) is 11.8 Å². The zero-order valence-electron chi connectivity index (χ0n) is 10.2. The molecule has 1 N–H and O–H groups in total. The topological polar surface area (TPSA) is 79.2 Å². The third-order valence-electron chi connectivity index (χ3n) is 3.92. The number of H-pyrrole nitrogens is 1. The molecule has 1 aromatic heterocycles. The molecule has 2 fully saturated rings. The van der Waals surface area contributed by atoms with Gasteiger partial charge in [0.25, 0.3) is 0 Å². The van der Waals surface area contributed by atoms with Gasteiger partial charge in [0.2, 0.25) is 17.7 Å². The molecule has 8 heteroatoms. The predicted octanol–water partition coefficient (Wildman–Crippen LogP) is 0.613. The predicted molar refractivity (Wildman–Crippen MR) is 58.2 cm³/mol. The molecule has 104 valence electrons. The Morgan fingerprint density at radius 1 is 1.53 bits per heavy atom. The van der Waals surface area contributed by atoms with Crippen LogP contribution in [-0.2, 0) is 11.3 Å². The quantitative estimate of drug-likeness (QED) is 0.875. The third-order valence-corrected chi connectivity index (χ3v) is 3.92. The number of nitrogens with one attached hydrogen (secondary N) is 1. The number of nitrogens with zero attached hydrogens (tertiary/aromatic N) is 2. The summed E-state index contributed by atoms with van der Waals surface area (Å²) in [6.45, 7) is 0.0594. The van der Waals surface area contributed by atoms with E-state index in [1.54, 1.807) is 7.05 Å². The summed E-state index contributed by atoms with van der Waals surface area (Å²) in [6, 6.07) is 0. The van der Waals surface area contributed by atoms with Crippen LogP contribution in [0.3, 0.4) is 0 Å². The largest absolute Gasteiger partial charge is 0.434 e. The second-order valence-electron chi connectivity index (χ2n) is 5.32. The molecule has 2 aliphatic rings. The Kier molecular flexibility index (Phi) is 2.51. The number of hydrogen-bond donors (Lipinski definition) is 1. The molecule has 0 saturated heterocycles. The number of hydrogen-bond acceptors (Lipinski definition) is 4. The van der Waals surface area contributed by atoms with E-state index >= 15 is 0 Å². The zero-order chi connectivity index (χ0) is 13.8. The van der Waals surface area contributed by atoms with Crippen molar-refractivity contribution < 1.29 is 18.0 Å². The maximum absolute atomic E-state index is 13.0. The first-order valence-electron chi connectivity index (χ1n) is 6.04. The van der Waals surface area contributed by atoms with Crippen molar-refractivity contribution in [1.29, 1.82) is 0 Å². The van der Waals surface area contributed by atoms with E-state index < -0.39 is 11.7 Å². The van der Waals surface area contributed by atoms with Crippen LogP contribution >= 0.6 is 0 Å². The van der Waals surface area contributed by atoms with Crippen molar-refractivity contribution in [1.82, 2.24) is 15.1 Å². The first-order chi connectivity index (χ1) is 8.87. The van der Waals surface area contributed by atoms with E-state index in [0.29, 0.717) is 0 Å². The molecule has 0 aliphatic heterocycles. The van der Waals surface area contributed by atoms with Crippen LogP contribution in [0.25, 0.3) is 0 Å². The number of fused-ring (bicyclic) bond motifs is 1. The first-order valence-corrected chi connectivity index (χ1v) is 6.04. The molecule has 6 nitrogen and oxygen atoms in total. The standard InChI is InChI=1S/C11H13F2N3O3/c1-16(4-7-14-15-10(18)19-7)9(17)8-5-2-11(12,13)3-6(5)8/h5-6,8H,2-4H2,1H3,(H,15,18)/t5-,6+,8?. The Morgan fingerprint density at radius 2 is 2.16 bits per heavy atom. The molecule has 2 saturated carbocycles. The van der Waals surface area contributed by atoms with Gasteiger partial charge >= 0.3 is 5.76 Å². The van der Waals surface area contributed by atoms with Crippen LogP contribution in [0.15, 0.2) is 9.21 Å². The lowest BCUT2D eigenvalue weighted by atomic mass is 10.1. The SMILES string of the molecule is CN(Cc1n[nH]c(=O)o1)C(=O)C1[C@H]2CC(F)(F)C[C@@H]12. The summed E-state index contributed by atoms with van der Waals surface area (Å²) in [6.07, 6.45) is -0.390. The second kappa shape index (κ2) is 3.88. The van der Waals surface area contributed by atoms with Gasteiger partial charge in [0.05, 0.1) is 6.54 Å². The van der Waals surface area contributed by atoms with Crippen LogP contribution in [0.5, 0.6) is 0 Å². The van der Waals surface area contributed by atoms with Gasteiger partial charge in [0.1, 0.15) is 0 Å². The molecule has 3 rings (SSSR count). The molecule has 0 bridgehead atoms. The summed E-state index contributed by atoms with van der Waals surface area (Å²) >= 11 is 0. The molecule has 1 aromatic rings. The van der Waals surface area contributed by atoms with E-state index in [-0.39, 0.29) is 48.9 Å². The molecule has 3 atom stereocenters. The van der Waals surface area contributed by atoms with Crippen molar-refractivity contribution in [2.45, 2.75) is 25.3 Å². The maximum atomic E-state index is 13.0. The van der Waals surface area contributed by atoms with Gasteiger partial charge in [-0.2, -0.15) is 0 Å². The van der Waals surface area contributed by atoms with Crippen molar-refractivity contribution in [3.63, 3.8) is 0 Å². The highest BCUT2D eigenvalue weighted by Gasteiger charge is 2.65. The normalized spacial score (nSPS) is 31.0.